The van der Waals surface area contributed by atoms with Gasteiger partial charge >= 0.3 is 6.03 Å². The number of urea groups is 1. The van der Waals surface area contributed by atoms with Crippen molar-refractivity contribution < 1.29 is 9.18 Å². The number of alkyl halides is 1. The molecule has 4 heterocycles. The zero-order valence-corrected chi connectivity index (χ0v) is 18.0. The molecular formula is C21H24FN7OS. The average Bonchev–Trinajstić information content (AvgIpc) is 3.32. The summed E-state index contributed by atoms with van der Waals surface area (Å²) in [6.45, 7) is 1.94. The highest BCUT2D eigenvalue weighted by molar-refractivity contribution is 7.14. The van der Waals surface area contributed by atoms with E-state index in [1.807, 2.05) is 36.1 Å². The molecule has 2 aromatic heterocycles. The Morgan fingerprint density at radius 3 is 2.68 bits per heavy atom. The van der Waals surface area contributed by atoms with Crippen molar-refractivity contribution in [2.75, 3.05) is 18.5 Å². The molecule has 162 valence electrons. The van der Waals surface area contributed by atoms with Crippen molar-refractivity contribution in [3.63, 3.8) is 0 Å². The minimum atomic E-state index is -0.364. The summed E-state index contributed by atoms with van der Waals surface area (Å²) in [5, 5.41) is 25.6. The quantitative estimate of drug-likeness (QED) is 0.629. The minimum absolute atomic E-state index is 0.138. The first kappa shape index (κ1) is 20.2. The molecule has 3 aromatic rings. The summed E-state index contributed by atoms with van der Waals surface area (Å²) in [4.78, 5) is 15.0. The van der Waals surface area contributed by atoms with Crippen LogP contribution in [0.4, 0.5) is 15.0 Å². The summed E-state index contributed by atoms with van der Waals surface area (Å²) < 4.78 is 12.5. The summed E-state index contributed by atoms with van der Waals surface area (Å²) in [5.74, 6) is 0.431. The van der Waals surface area contributed by atoms with Crippen LogP contribution >= 0.6 is 11.3 Å². The number of fused-ring (bicyclic) bond motifs is 3. The van der Waals surface area contributed by atoms with Crippen molar-refractivity contribution in [3.05, 3.63) is 29.3 Å². The number of carbonyl (C=O) groups is 1. The summed E-state index contributed by atoms with van der Waals surface area (Å²) >= 11 is 1.53. The number of amides is 2. The van der Waals surface area contributed by atoms with E-state index in [0.717, 1.165) is 52.2 Å². The van der Waals surface area contributed by atoms with Crippen molar-refractivity contribution in [3.8, 4) is 10.6 Å². The molecule has 5 rings (SSSR count). The van der Waals surface area contributed by atoms with E-state index in [9.17, 15) is 9.18 Å². The van der Waals surface area contributed by atoms with Gasteiger partial charge in [0.2, 0.25) is 0 Å². The summed E-state index contributed by atoms with van der Waals surface area (Å²) in [6, 6.07) is 8.18. The number of carbonyl (C=O) groups excluding carboxylic acids is 1. The molecule has 2 N–H and O–H groups in total. The van der Waals surface area contributed by atoms with Crippen molar-refractivity contribution in [2.45, 2.75) is 50.7 Å². The van der Waals surface area contributed by atoms with E-state index in [2.05, 4.69) is 31.0 Å². The molecule has 2 fully saturated rings. The van der Waals surface area contributed by atoms with Crippen LogP contribution in [0, 0.1) is 6.92 Å². The van der Waals surface area contributed by atoms with Crippen molar-refractivity contribution >= 4 is 34.1 Å². The molecule has 0 aliphatic carbocycles. The number of rotatable bonds is 5. The first-order valence-corrected chi connectivity index (χ1v) is 11.4. The van der Waals surface area contributed by atoms with Gasteiger partial charge < -0.3 is 10.2 Å². The molecule has 8 nitrogen and oxygen atoms in total. The van der Waals surface area contributed by atoms with E-state index in [0.29, 0.717) is 12.4 Å². The number of anilines is 1. The number of hydrogen-bond acceptors (Lipinski definition) is 7. The van der Waals surface area contributed by atoms with Crippen LogP contribution in [0.3, 0.4) is 0 Å². The molecule has 0 saturated carbocycles. The van der Waals surface area contributed by atoms with Crippen molar-refractivity contribution in [1.29, 1.82) is 0 Å². The predicted octanol–water partition coefficient (Wildman–Crippen LogP) is 3.54. The molecular weight excluding hydrogens is 417 g/mol. The second kappa shape index (κ2) is 8.43. The first-order chi connectivity index (χ1) is 15.1. The van der Waals surface area contributed by atoms with Crippen LogP contribution in [0.1, 0.15) is 30.7 Å². The maximum absolute atomic E-state index is 13.0. The molecule has 2 aliphatic heterocycles. The van der Waals surface area contributed by atoms with E-state index >= 15 is 0 Å². The Bertz CT molecular complexity index is 1090. The predicted molar refractivity (Wildman–Crippen MR) is 118 cm³/mol. The van der Waals surface area contributed by atoms with Gasteiger partial charge in [-0.15, -0.1) is 20.4 Å². The molecule has 2 bridgehead atoms. The van der Waals surface area contributed by atoms with Gasteiger partial charge in [0.25, 0.3) is 0 Å². The molecule has 0 unspecified atom stereocenters. The topological polar surface area (TPSA) is 95.9 Å². The summed E-state index contributed by atoms with van der Waals surface area (Å²) in [7, 11) is 0. The molecule has 31 heavy (non-hydrogen) atoms. The van der Waals surface area contributed by atoms with Crippen LogP contribution in [0.25, 0.3) is 21.5 Å². The fourth-order valence-corrected chi connectivity index (χ4v) is 5.45. The monoisotopic (exact) mass is 441 g/mol. The number of hydrogen-bond donors (Lipinski definition) is 2. The smallest absolute Gasteiger partial charge is 0.318 e. The normalized spacial score (nSPS) is 22.8. The molecule has 2 amide bonds. The van der Waals surface area contributed by atoms with Gasteiger partial charge in [-0.05, 0) is 56.9 Å². The first-order valence-electron chi connectivity index (χ1n) is 10.6. The van der Waals surface area contributed by atoms with Gasteiger partial charge in [-0.2, -0.15) is 0 Å². The van der Waals surface area contributed by atoms with Gasteiger partial charge in [0, 0.05) is 35.6 Å². The van der Waals surface area contributed by atoms with Crippen molar-refractivity contribution in [1.82, 2.24) is 30.6 Å². The number of nitrogens with one attached hydrogen (secondary N) is 2. The number of aryl methyl sites for hydroxylation is 1. The highest BCUT2D eigenvalue weighted by atomic mass is 32.1. The van der Waals surface area contributed by atoms with E-state index in [-0.39, 0.29) is 30.8 Å². The van der Waals surface area contributed by atoms with Gasteiger partial charge in [-0.25, -0.2) is 9.18 Å². The largest absolute Gasteiger partial charge is 0.323 e. The second-order valence-corrected chi connectivity index (χ2v) is 9.34. The Hall–Kier alpha value is -2.72. The highest BCUT2D eigenvalue weighted by Crippen LogP contribution is 2.36. The third-order valence-corrected chi connectivity index (χ3v) is 6.98. The highest BCUT2D eigenvalue weighted by Gasteiger charge is 2.43. The zero-order chi connectivity index (χ0) is 21.4. The van der Waals surface area contributed by atoms with E-state index in [1.165, 1.54) is 11.3 Å². The van der Waals surface area contributed by atoms with Gasteiger partial charge in [0.05, 0.1) is 5.52 Å². The Morgan fingerprint density at radius 2 is 1.97 bits per heavy atom. The van der Waals surface area contributed by atoms with Crippen LogP contribution in [-0.4, -0.2) is 62.7 Å². The van der Waals surface area contributed by atoms with E-state index < -0.39 is 0 Å². The molecule has 10 heteroatoms. The molecule has 3 atom stereocenters. The molecule has 2 saturated heterocycles. The lowest BCUT2D eigenvalue weighted by molar-refractivity contribution is 0.141. The fraction of sp³-hybridized carbons (Fsp3) is 0.476. The van der Waals surface area contributed by atoms with Crippen LogP contribution in [0.2, 0.25) is 0 Å². The minimum Gasteiger partial charge on any atom is -0.318 e. The van der Waals surface area contributed by atoms with E-state index in [4.69, 9.17) is 0 Å². The molecule has 0 spiro atoms. The zero-order valence-electron chi connectivity index (χ0n) is 17.2. The van der Waals surface area contributed by atoms with E-state index in [1.54, 1.807) is 0 Å². The lowest BCUT2D eigenvalue weighted by Crippen LogP contribution is -2.53. The standard InChI is InChI=1S/C21H24FN7OS/c1-12-25-28-20(31-12)13-2-5-18-14(8-13)9-19(27-26-18)24-21(30)29-16-3-4-17(29)11-15(10-16)23-7-6-22/h2,5,8-9,15-17,23H,3-4,6-7,10-11H2,1H3,(H,24,27,30)/t15-,16-,17+. The van der Waals surface area contributed by atoms with Crippen LogP contribution in [0.15, 0.2) is 24.3 Å². The van der Waals surface area contributed by atoms with Gasteiger partial charge in [-0.3, -0.25) is 5.32 Å². The Labute approximate surface area is 183 Å². The number of nitrogens with zero attached hydrogens (tertiary/aromatic N) is 5. The van der Waals surface area contributed by atoms with Crippen molar-refractivity contribution in [2.24, 2.45) is 0 Å². The Kier molecular flexibility index (Phi) is 5.49. The van der Waals surface area contributed by atoms with Crippen LogP contribution in [-0.2, 0) is 0 Å². The fourth-order valence-electron chi connectivity index (χ4n) is 4.76. The molecule has 1 aromatic carbocycles. The maximum Gasteiger partial charge on any atom is 0.323 e. The van der Waals surface area contributed by atoms with Crippen LogP contribution < -0.4 is 10.6 Å². The lowest BCUT2D eigenvalue weighted by Gasteiger charge is -2.39. The average molecular weight is 442 g/mol. The number of halogens is 1. The van der Waals surface area contributed by atoms with Gasteiger partial charge in [0.1, 0.15) is 16.7 Å². The summed E-state index contributed by atoms with van der Waals surface area (Å²) in [5.41, 5.74) is 1.71. The third kappa shape index (κ3) is 4.09. The van der Waals surface area contributed by atoms with Gasteiger partial charge in [-0.1, -0.05) is 11.3 Å². The summed E-state index contributed by atoms with van der Waals surface area (Å²) in [6.07, 6.45) is 3.69. The number of piperidine rings is 1. The lowest BCUT2D eigenvalue weighted by atomic mass is 9.97. The Balaban J connectivity index is 1.31. The molecule has 0 radical (unpaired) electrons. The number of benzene rings is 1. The maximum atomic E-state index is 13.0. The van der Waals surface area contributed by atoms with Gasteiger partial charge in [0.15, 0.2) is 5.82 Å². The Morgan fingerprint density at radius 1 is 1.16 bits per heavy atom. The van der Waals surface area contributed by atoms with Crippen LogP contribution in [0.5, 0.6) is 0 Å². The second-order valence-electron chi connectivity index (χ2n) is 8.16. The third-order valence-electron chi connectivity index (χ3n) is 6.09. The SMILES string of the molecule is Cc1nnc(-c2ccc3nnc(NC(=O)N4[C@@H]5CC[C@H]4C[C@H](NCCF)C5)cc3c2)s1. The molecule has 2 aliphatic rings. The number of aromatic nitrogens is 4.